The first kappa shape index (κ1) is 24.5. The Labute approximate surface area is 205 Å². The number of nitrogen functional groups attached to an aromatic ring is 1. The third-order valence-electron chi connectivity index (χ3n) is 6.78. The highest BCUT2D eigenvalue weighted by Gasteiger charge is 2.37. The zero-order chi connectivity index (χ0) is 24.2. The van der Waals surface area contributed by atoms with Crippen LogP contribution in [0.4, 0.5) is 5.82 Å². The van der Waals surface area contributed by atoms with Crippen LogP contribution in [0.3, 0.4) is 0 Å². The SMILES string of the molecule is CC.CSNCc1cccc(-c2cn(C3CC(CN4CC(C(N)=O)C4)C3)c3ncnc(N)c23)c1. The van der Waals surface area contributed by atoms with E-state index < -0.39 is 0 Å². The maximum atomic E-state index is 11.2. The number of fused-ring (bicyclic) bond motifs is 1. The van der Waals surface area contributed by atoms with E-state index in [0.717, 1.165) is 61.2 Å². The number of nitrogens with zero attached hydrogens (tertiary/aromatic N) is 4. The van der Waals surface area contributed by atoms with E-state index in [9.17, 15) is 4.79 Å². The minimum absolute atomic E-state index is 0.0309. The van der Waals surface area contributed by atoms with Crippen molar-refractivity contribution in [1.29, 1.82) is 0 Å². The van der Waals surface area contributed by atoms with Crippen molar-refractivity contribution >= 4 is 34.7 Å². The summed E-state index contributed by atoms with van der Waals surface area (Å²) in [6, 6.07) is 8.94. The maximum Gasteiger partial charge on any atom is 0.223 e. The summed E-state index contributed by atoms with van der Waals surface area (Å²) in [6.45, 7) is 7.45. The fourth-order valence-corrected chi connectivity index (χ4v) is 5.26. The Balaban J connectivity index is 0.00000133. The fourth-order valence-electron chi connectivity index (χ4n) is 4.95. The van der Waals surface area contributed by atoms with E-state index in [1.54, 1.807) is 18.3 Å². The van der Waals surface area contributed by atoms with Gasteiger partial charge in [0.05, 0.1) is 11.3 Å². The third kappa shape index (κ3) is 4.92. The van der Waals surface area contributed by atoms with Crippen molar-refractivity contribution in [2.24, 2.45) is 17.6 Å². The fraction of sp³-hybridized carbons (Fsp3) is 0.480. The molecule has 1 aliphatic carbocycles. The van der Waals surface area contributed by atoms with Crippen molar-refractivity contribution in [3.8, 4) is 11.1 Å². The molecule has 1 amide bonds. The average molecular weight is 482 g/mol. The molecule has 1 aliphatic heterocycles. The molecule has 34 heavy (non-hydrogen) atoms. The highest BCUT2D eigenvalue weighted by Crippen LogP contribution is 2.43. The standard InChI is InChI=1S/C23H29N7OS.C2H6/c1-32-28-8-14-3-2-4-16(5-14)19-12-30(23-20(19)21(24)26-13-27-23)18-6-15(7-18)9-29-10-17(11-29)22(25)31;1-2/h2-5,12-13,15,17-18,28H,6-11H2,1H3,(H2,25,31)(H2,24,26,27);1-2H3. The molecule has 9 heteroatoms. The molecule has 1 aromatic carbocycles. The second-order valence-corrected chi connectivity index (χ2v) is 9.64. The molecule has 0 atom stereocenters. The van der Waals surface area contributed by atoms with E-state index in [-0.39, 0.29) is 11.8 Å². The number of hydrogen-bond donors (Lipinski definition) is 3. The van der Waals surface area contributed by atoms with Crippen molar-refractivity contribution in [2.75, 3.05) is 31.6 Å². The van der Waals surface area contributed by atoms with E-state index in [1.165, 1.54) is 5.56 Å². The molecule has 8 nitrogen and oxygen atoms in total. The molecular formula is C25H35N7OS. The van der Waals surface area contributed by atoms with Crippen LogP contribution in [0.25, 0.3) is 22.2 Å². The number of nitrogens with two attached hydrogens (primary N) is 2. The topological polar surface area (TPSA) is 115 Å². The van der Waals surface area contributed by atoms with Crippen molar-refractivity contribution in [2.45, 2.75) is 39.3 Å². The predicted octanol–water partition coefficient (Wildman–Crippen LogP) is 3.44. The van der Waals surface area contributed by atoms with Crippen LogP contribution >= 0.6 is 11.9 Å². The Morgan fingerprint density at radius 3 is 2.71 bits per heavy atom. The largest absolute Gasteiger partial charge is 0.383 e. The number of carbonyl (C=O) groups excluding carboxylic acids is 1. The molecule has 3 heterocycles. The van der Waals surface area contributed by atoms with E-state index >= 15 is 0 Å². The third-order valence-corrected chi connectivity index (χ3v) is 7.21. The molecule has 0 unspecified atom stereocenters. The van der Waals surface area contributed by atoms with Gasteiger partial charge in [-0.1, -0.05) is 44.0 Å². The smallest absolute Gasteiger partial charge is 0.223 e. The van der Waals surface area contributed by atoms with Crippen molar-refractivity contribution in [1.82, 2.24) is 24.2 Å². The molecule has 0 bridgehead atoms. The van der Waals surface area contributed by atoms with Crippen LogP contribution in [0, 0.1) is 11.8 Å². The molecular weight excluding hydrogens is 446 g/mol. The van der Waals surface area contributed by atoms with Gasteiger partial charge < -0.3 is 20.9 Å². The van der Waals surface area contributed by atoms with Gasteiger partial charge in [-0.15, -0.1) is 0 Å². The quantitative estimate of drug-likeness (QED) is 0.422. The highest BCUT2D eigenvalue weighted by molar-refractivity contribution is 7.96. The number of hydrogen-bond acceptors (Lipinski definition) is 7. The van der Waals surface area contributed by atoms with Crippen molar-refractivity contribution in [3.05, 3.63) is 42.4 Å². The second kappa shape index (κ2) is 10.8. The molecule has 2 aliphatic rings. The average Bonchev–Trinajstić information content (AvgIpc) is 3.17. The first-order chi connectivity index (χ1) is 16.5. The number of primary amides is 1. The van der Waals surface area contributed by atoms with Gasteiger partial charge in [0.2, 0.25) is 5.91 Å². The minimum Gasteiger partial charge on any atom is -0.383 e. The van der Waals surface area contributed by atoms with Crippen LogP contribution in [-0.4, -0.2) is 51.2 Å². The molecule has 5 rings (SSSR count). The minimum atomic E-state index is -0.176. The molecule has 5 N–H and O–H groups in total. The molecule has 2 aromatic heterocycles. The van der Waals surface area contributed by atoms with Crippen molar-refractivity contribution < 1.29 is 4.79 Å². The van der Waals surface area contributed by atoms with Gasteiger partial charge >= 0.3 is 0 Å². The number of amides is 1. The van der Waals surface area contributed by atoms with Gasteiger partial charge in [-0.25, -0.2) is 9.97 Å². The number of carbonyl (C=O) groups is 1. The summed E-state index contributed by atoms with van der Waals surface area (Å²) < 4.78 is 5.59. The van der Waals surface area contributed by atoms with Gasteiger partial charge in [0, 0.05) is 44.0 Å². The van der Waals surface area contributed by atoms with Gasteiger partial charge in [-0.05, 0) is 42.2 Å². The Hall–Kier alpha value is -2.62. The zero-order valence-electron chi connectivity index (χ0n) is 20.2. The summed E-state index contributed by atoms with van der Waals surface area (Å²) in [4.78, 5) is 22.4. The van der Waals surface area contributed by atoms with Gasteiger partial charge in [0.25, 0.3) is 0 Å². The first-order valence-corrected chi connectivity index (χ1v) is 13.2. The molecule has 0 spiro atoms. The van der Waals surface area contributed by atoms with Crippen LogP contribution in [-0.2, 0) is 11.3 Å². The van der Waals surface area contributed by atoms with E-state index in [4.69, 9.17) is 11.5 Å². The van der Waals surface area contributed by atoms with Gasteiger partial charge in [0.15, 0.2) is 0 Å². The van der Waals surface area contributed by atoms with Crippen LogP contribution in [0.2, 0.25) is 0 Å². The lowest BCUT2D eigenvalue weighted by Gasteiger charge is -2.44. The summed E-state index contributed by atoms with van der Waals surface area (Å²) in [6.07, 6.45) is 7.98. The van der Waals surface area contributed by atoms with Gasteiger partial charge in [-0.2, -0.15) is 0 Å². The van der Waals surface area contributed by atoms with E-state index in [2.05, 4.69) is 54.6 Å². The second-order valence-electron chi connectivity index (χ2n) is 8.94. The first-order valence-electron chi connectivity index (χ1n) is 12.0. The van der Waals surface area contributed by atoms with E-state index in [0.29, 0.717) is 17.8 Å². The van der Waals surface area contributed by atoms with Crippen LogP contribution in [0.15, 0.2) is 36.8 Å². The Morgan fingerprint density at radius 1 is 1.24 bits per heavy atom. The Morgan fingerprint density at radius 2 is 2.00 bits per heavy atom. The maximum absolute atomic E-state index is 11.2. The summed E-state index contributed by atoms with van der Waals surface area (Å²) >= 11 is 1.61. The number of rotatable bonds is 8. The number of likely N-dealkylation sites (tertiary alicyclic amines) is 1. The lowest BCUT2D eigenvalue weighted by molar-refractivity contribution is -0.127. The summed E-state index contributed by atoms with van der Waals surface area (Å²) in [5.74, 6) is 1.01. The van der Waals surface area contributed by atoms with Crippen LogP contribution < -0.4 is 16.2 Å². The molecule has 3 aromatic rings. The number of benzene rings is 1. The zero-order valence-corrected chi connectivity index (χ0v) is 21.0. The van der Waals surface area contributed by atoms with Crippen molar-refractivity contribution in [3.63, 3.8) is 0 Å². The number of aromatic nitrogens is 3. The monoisotopic (exact) mass is 481 g/mol. The van der Waals surface area contributed by atoms with E-state index in [1.807, 2.05) is 20.1 Å². The number of nitrogens with one attached hydrogen (secondary N) is 1. The van der Waals surface area contributed by atoms with Crippen LogP contribution in [0.1, 0.15) is 38.3 Å². The molecule has 2 fully saturated rings. The summed E-state index contributed by atoms with van der Waals surface area (Å²) in [7, 11) is 0. The van der Waals surface area contributed by atoms with Crippen LogP contribution in [0.5, 0.6) is 0 Å². The predicted molar refractivity (Wildman–Crippen MR) is 140 cm³/mol. The Kier molecular flexibility index (Phi) is 7.75. The normalized spacial score (nSPS) is 20.3. The van der Waals surface area contributed by atoms with Gasteiger partial charge in [0.1, 0.15) is 17.8 Å². The summed E-state index contributed by atoms with van der Waals surface area (Å²) in [5, 5.41) is 0.929. The molecule has 182 valence electrons. The van der Waals surface area contributed by atoms with Gasteiger partial charge in [-0.3, -0.25) is 9.52 Å². The lowest BCUT2D eigenvalue weighted by atomic mass is 9.79. The highest BCUT2D eigenvalue weighted by atomic mass is 32.2. The molecule has 1 saturated carbocycles. The lowest BCUT2D eigenvalue weighted by Crippen LogP contribution is -2.54. The summed E-state index contributed by atoms with van der Waals surface area (Å²) in [5.41, 5.74) is 16.0. The molecule has 1 saturated heterocycles. The number of anilines is 1. The Bertz CT molecular complexity index is 1140. The molecule has 0 radical (unpaired) electrons.